The average Bonchev–Trinajstić information content (AvgIpc) is 2.29. The van der Waals surface area contributed by atoms with E-state index < -0.39 is 0 Å². The number of carbonyl (C=O) groups is 1. The van der Waals surface area contributed by atoms with Gasteiger partial charge in [0.1, 0.15) is 6.54 Å². The number of quaternary nitrogens is 1. The summed E-state index contributed by atoms with van der Waals surface area (Å²) >= 11 is 3.65. The molecule has 1 saturated carbocycles. The molecule has 0 amide bonds. The van der Waals surface area contributed by atoms with Crippen molar-refractivity contribution in [3.8, 4) is 0 Å². The molecule has 0 bridgehead atoms. The predicted octanol–water partition coefficient (Wildman–Crippen LogP) is 1.82. The van der Waals surface area contributed by atoms with E-state index in [1.54, 1.807) is 0 Å². The maximum absolute atomic E-state index is 12.2. The molecule has 0 radical (unpaired) electrons. The minimum Gasteiger partial charge on any atom is -0.329 e. The smallest absolute Gasteiger partial charge is 0.189 e. The molecule has 2 unspecified atom stereocenters. The topological polar surface area (TPSA) is 21.5 Å². The van der Waals surface area contributed by atoms with Gasteiger partial charge in [-0.3, -0.25) is 4.79 Å². The van der Waals surface area contributed by atoms with Crippen LogP contribution in [0, 0.1) is 11.8 Å². The molecule has 3 heteroatoms. The largest absolute Gasteiger partial charge is 0.329 e. The average molecular weight is 303 g/mol. The lowest BCUT2D eigenvalue weighted by Gasteiger charge is -2.30. The Bertz CT molecular complexity index is 261. The van der Waals surface area contributed by atoms with Gasteiger partial charge < -0.3 is 4.90 Å². The van der Waals surface area contributed by atoms with Crippen LogP contribution >= 0.6 is 15.9 Å². The molecule has 1 N–H and O–H groups in total. The van der Waals surface area contributed by atoms with Crippen LogP contribution in [0.15, 0.2) is 0 Å². The quantitative estimate of drug-likeness (QED) is 0.789. The van der Waals surface area contributed by atoms with Crippen LogP contribution in [0.1, 0.15) is 45.4 Å². The second kappa shape index (κ2) is 6.33. The monoisotopic (exact) mass is 302 g/mol. The van der Waals surface area contributed by atoms with E-state index in [1.807, 2.05) is 0 Å². The highest BCUT2D eigenvalue weighted by atomic mass is 79.9. The first kappa shape index (κ1) is 13.5. The summed E-state index contributed by atoms with van der Waals surface area (Å²) in [5.74, 6) is 1.71. The van der Waals surface area contributed by atoms with Crippen molar-refractivity contribution in [2.24, 2.45) is 11.8 Å². The molecule has 2 nitrogen and oxygen atoms in total. The van der Waals surface area contributed by atoms with Gasteiger partial charge in [-0.05, 0) is 38.5 Å². The van der Waals surface area contributed by atoms with Crippen molar-refractivity contribution < 1.29 is 9.69 Å². The summed E-state index contributed by atoms with van der Waals surface area (Å²) in [6, 6.07) is 0. The molecule has 2 fully saturated rings. The maximum atomic E-state index is 12.2. The van der Waals surface area contributed by atoms with E-state index in [0.717, 1.165) is 25.3 Å². The summed E-state index contributed by atoms with van der Waals surface area (Å²) in [4.78, 5) is 14.4. The van der Waals surface area contributed by atoms with E-state index >= 15 is 0 Å². The Morgan fingerprint density at radius 3 is 2.59 bits per heavy atom. The third kappa shape index (κ3) is 4.06. The van der Waals surface area contributed by atoms with Gasteiger partial charge in [-0.25, -0.2) is 0 Å². The van der Waals surface area contributed by atoms with Crippen LogP contribution in [0.4, 0.5) is 0 Å². The van der Waals surface area contributed by atoms with Crippen molar-refractivity contribution in [3.63, 3.8) is 0 Å². The number of rotatable bonds is 3. The van der Waals surface area contributed by atoms with E-state index in [2.05, 4.69) is 22.9 Å². The maximum Gasteiger partial charge on any atom is 0.189 e. The zero-order chi connectivity index (χ0) is 12.3. The number of hydrogen-bond acceptors (Lipinski definition) is 1. The first-order chi connectivity index (χ1) is 8.15. The number of ketones is 1. The van der Waals surface area contributed by atoms with Crippen LogP contribution in [-0.2, 0) is 4.79 Å². The SMILES string of the molecule is CC1CCC[NH+](CC(=O)C2CCC(Br)CC2)C1. The Hall–Kier alpha value is 0.110. The van der Waals surface area contributed by atoms with Crippen LogP contribution in [0.5, 0.6) is 0 Å². The number of Topliss-reactive ketones (excluding diaryl/α,β-unsaturated/α-hetero) is 1. The van der Waals surface area contributed by atoms with Crippen molar-refractivity contribution in [1.82, 2.24) is 0 Å². The van der Waals surface area contributed by atoms with Gasteiger partial charge in [0.05, 0.1) is 13.1 Å². The van der Waals surface area contributed by atoms with Gasteiger partial charge in [0.2, 0.25) is 0 Å². The lowest BCUT2D eigenvalue weighted by Crippen LogP contribution is -3.14. The highest BCUT2D eigenvalue weighted by molar-refractivity contribution is 9.09. The third-order valence-electron chi connectivity index (χ3n) is 4.40. The highest BCUT2D eigenvalue weighted by Gasteiger charge is 2.29. The first-order valence-corrected chi connectivity index (χ1v) is 8.07. The lowest BCUT2D eigenvalue weighted by molar-refractivity contribution is -0.900. The van der Waals surface area contributed by atoms with Gasteiger partial charge >= 0.3 is 0 Å². The van der Waals surface area contributed by atoms with Crippen molar-refractivity contribution >= 4 is 21.7 Å². The zero-order valence-corrected chi connectivity index (χ0v) is 12.5. The molecular weight excluding hydrogens is 278 g/mol. The second-order valence-electron chi connectivity index (χ2n) is 6.04. The van der Waals surface area contributed by atoms with Crippen LogP contribution < -0.4 is 4.90 Å². The number of carbonyl (C=O) groups excluding carboxylic acids is 1. The lowest BCUT2D eigenvalue weighted by atomic mass is 9.85. The molecular formula is C14H25BrNO+. The van der Waals surface area contributed by atoms with Crippen molar-refractivity contribution in [2.75, 3.05) is 19.6 Å². The molecule has 98 valence electrons. The van der Waals surface area contributed by atoms with Crippen LogP contribution in [-0.4, -0.2) is 30.2 Å². The van der Waals surface area contributed by atoms with E-state index in [9.17, 15) is 4.79 Å². The molecule has 1 aliphatic carbocycles. The van der Waals surface area contributed by atoms with Crippen LogP contribution in [0.3, 0.4) is 0 Å². The summed E-state index contributed by atoms with van der Waals surface area (Å²) < 4.78 is 0. The molecule has 2 rings (SSSR count). The summed E-state index contributed by atoms with van der Waals surface area (Å²) in [6.07, 6.45) is 7.24. The Balaban J connectivity index is 1.76. The van der Waals surface area contributed by atoms with Crippen LogP contribution in [0.2, 0.25) is 0 Å². The molecule has 2 atom stereocenters. The van der Waals surface area contributed by atoms with E-state index in [0.29, 0.717) is 16.5 Å². The molecule has 1 heterocycles. The fourth-order valence-corrected chi connectivity index (χ4v) is 3.85. The normalized spacial score (nSPS) is 38.9. The minimum atomic E-state index is 0.369. The van der Waals surface area contributed by atoms with Gasteiger partial charge in [0.15, 0.2) is 5.78 Å². The van der Waals surface area contributed by atoms with E-state index in [1.165, 1.54) is 43.7 Å². The van der Waals surface area contributed by atoms with Gasteiger partial charge in [-0.2, -0.15) is 0 Å². The predicted molar refractivity (Wildman–Crippen MR) is 73.6 cm³/mol. The highest BCUT2D eigenvalue weighted by Crippen LogP contribution is 2.28. The minimum absolute atomic E-state index is 0.369. The summed E-state index contributed by atoms with van der Waals surface area (Å²) in [7, 11) is 0. The van der Waals surface area contributed by atoms with Crippen molar-refractivity contribution in [1.29, 1.82) is 0 Å². The Kier molecular flexibility index (Phi) is 5.04. The number of nitrogens with one attached hydrogen (secondary N) is 1. The molecule has 0 aromatic carbocycles. The summed E-state index contributed by atoms with van der Waals surface area (Å²) in [5.41, 5.74) is 0. The standard InChI is InChI=1S/C14H24BrNO/c1-11-3-2-8-16(9-11)10-14(17)12-4-6-13(15)7-5-12/h11-13H,2-10H2,1H3/p+1. The number of piperidine rings is 1. The van der Waals surface area contributed by atoms with Crippen molar-refractivity contribution in [3.05, 3.63) is 0 Å². The molecule has 1 aliphatic heterocycles. The number of likely N-dealkylation sites (tertiary alicyclic amines) is 1. The van der Waals surface area contributed by atoms with Crippen molar-refractivity contribution in [2.45, 2.75) is 50.3 Å². The summed E-state index contributed by atoms with van der Waals surface area (Å²) in [5, 5.41) is 0. The number of alkyl halides is 1. The number of hydrogen-bond donors (Lipinski definition) is 1. The van der Waals surface area contributed by atoms with Crippen LogP contribution in [0.25, 0.3) is 0 Å². The van der Waals surface area contributed by atoms with Gasteiger partial charge in [-0.15, -0.1) is 0 Å². The Morgan fingerprint density at radius 2 is 1.94 bits per heavy atom. The van der Waals surface area contributed by atoms with Gasteiger partial charge in [0.25, 0.3) is 0 Å². The Labute approximate surface area is 113 Å². The van der Waals surface area contributed by atoms with Gasteiger partial charge in [-0.1, -0.05) is 22.9 Å². The molecule has 0 aromatic rings. The number of halogens is 1. The fraction of sp³-hybridized carbons (Fsp3) is 0.929. The third-order valence-corrected chi connectivity index (χ3v) is 5.32. The molecule has 2 aliphatic rings. The molecule has 17 heavy (non-hydrogen) atoms. The molecule has 0 spiro atoms. The molecule has 0 aromatic heterocycles. The van der Waals surface area contributed by atoms with Gasteiger partial charge in [0, 0.05) is 16.7 Å². The first-order valence-electron chi connectivity index (χ1n) is 7.15. The summed E-state index contributed by atoms with van der Waals surface area (Å²) in [6.45, 7) is 5.53. The second-order valence-corrected chi connectivity index (χ2v) is 7.34. The molecule has 1 saturated heterocycles. The van der Waals surface area contributed by atoms with E-state index in [-0.39, 0.29) is 0 Å². The Morgan fingerprint density at radius 1 is 1.24 bits per heavy atom. The zero-order valence-electron chi connectivity index (χ0n) is 10.9. The fourth-order valence-electron chi connectivity index (χ4n) is 3.32. The van der Waals surface area contributed by atoms with E-state index in [4.69, 9.17) is 0 Å².